The first kappa shape index (κ1) is 38.3. The summed E-state index contributed by atoms with van der Waals surface area (Å²) >= 11 is 0. The van der Waals surface area contributed by atoms with Gasteiger partial charge in [0.05, 0.1) is 17.5 Å². The van der Waals surface area contributed by atoms with Gasteiger partial charge in [0.25, 0.3) is 0 Å². The Kier molecular flexibility index (Phi) is 13.7. The van der Waals surface area contributed by atoms with E-state index in [9.17, 15) is 52.5 Å². The van der Waals surface area contributed by atoms with E-state index >= 15 is 0 Å². The lowest BCUT2D eigenvalue weighted by Gasteiger charge is -2.34. The van der Waals surface area contributed by atoms with E-state index in [1.54, 1.807) is 0 Å². The fraction of sp³-hybridized carbons (Fsp3) is 0.400. The molecular weight excluding hydrogens is 659 g/mol. The molecular formula is C30H31F9O4S2. The predicted molar refractivity (Wildman–Crippen MR) is 151 cm³/mol. The molecule has 0 saturated carbocycles. The minimum absolute atomic E-state index is 0.0906. The van der Waals surface area contributed by atoms with Crippen molar-refractivity contribution in [2.45, 2.75) is 83.4 Å². The molecule has 3 aromatic carbocycles. The number of ether oxygens (including phenoxy) is 1. The van der Waals surface area contributed by atoms with E-state index in [-0.39, 0.29) is 10.9 Å². The number of unbranched alkanes of at least 4 members (excludes halogenated alkanes) is 5. The predicted octanol–water partition coefficient (Wildman–Crippen LogP) is 9.48. The molecule has 0 N–H and O–H groups in total. The second-order valence-corrected chi connectivity index (χ2v) is 13.1. The van der Waals surface area contributed by atoms with Gasteiger partial charge in [0, 0.05) is 0 Å². The molecule has 0 aromatic heterocycles. The third-order valence-corrected chi connectivity index (χ3v) is 9.33. The SMILES string of the molecule is CCCCCCCCOc1ccc([S+](c2ccccc2)c2ccccc2)cc1.O=S(=O)([O-])C(F)(F)C(F)(F)C(F)(F)C(F)(F)F. The van der Waals surface area contributed by atoms with E-state index < -0.39 is 33.4 Å². The molecule has 0 amide bonds. The quantitative estimate of drug-likeness (QED) is 0.0732. The summed E-state index contributed by atoms with van der Waals surface area (Å²) in [7, 11) is -7.51. The molecule has 0 atom stereocenters. The van der Waals surface area contributed by atoms with Crippen molar-refractivity contribution in [1.82, 2.24) is 0 Å². The summed E-state index contributed by atoms with van der Waals surface area (Å²) in [5.74, 6) is -13.8. The smallest absolute Gasteiger partial charge is 0.460 e. The molecule has 0 bridgehead atoms. The summed E-state index contributed by atoms with van der Waals surface area (Å²) in [5, 5.41) is -7.11. The van der Waals surface area contributed by atoms with Crippen LogP contribution in [0.25, 0.3) is 0 Å². The van der Waals surface area contributed by atoms with Gasteiger partial charge in [-0.2, -0.15) is 39.5 Å². The van der Waals surface area contributed by atoms with Crippen molar-refractivity contribution in [3.8, 4) is 5.75 Å². The summed E-state index contributed by atoms with van der Waals surface area (Å²) in [6, 6.07) is 30.2. The molecule has 0 heterocycles. The zero-order valence-electron chi connectivity index (χ0n) is 23.9. The third-order valence-electron chi connectivity index (χ3n) is 6.21. The Balaban J connectivity index is 0.000000358. The van der Waals surface area contributed by atoms with Gasteiger partial charge in [-0.25, -0.2) is 8.42 Å². The molecule has 0 unspecified atom stereocenters. The Hall–Kier alpha value is -2.91. The first-order valence-electron chi connectivity index (χ1n) is 13.6. The van der Waals surface area contributed by atoms with Crippen LogP contribution in [0.5, 0.6) is 5.75 Å². The standard InChI is InChI=1S/C26H31OS.C4HF9O3S/c1-2-3-4-5-6-13-22-27-23-18-20-26(21-19-23)28(24-14-9-7-10-15-24)25-16-11-8-12-17-25;5-1(6,3(9,10)11)2(7,8)4(12,13)17(14,15)16/h7-12,14-21H,2-6,13,22H2,1H3;(H,14,15,16)/q+1;/p-1. The van der Waals surface area contributed by atoms with Crippen LogP contribution in [0, 0.1) is 0 Å². The summed E-state index contributed by atoms with van der Waals surface area (Å²) < 4.78 is 141. The molecule has 0 saturated heterocycles. The van der Waals surface area contributed by atoms with Gasteiger partial charge >= 0.3 is 23.3 Å². The van der Waals surface area contributed by atoms with Crippen molar-refractivity contribution in [1.29, 1.82) is 0 Å². The lowest BCUT2D eigenvalue weighted by molar-refractivity contribution is -0.382. The van der Waals surface area contributed by atoms with Gasteiger partial charge in [0.2, 0.25) is 0 Å². The molecule has 0 spiro atoms. The molecule has 250 valence electrons. The second kappa shape index (κ2) is 16.1. The Labute approximate surface area is 258 Å². The average molecular weight is 691 g/mol. The zero-order chi connectivity index (χ0) is 33.9. The molecule has 0 aliphatic rings. The molecule has 3 aromatic rings. The molecule has 3 rings (SSSR count). The fourth-order valence-corrected chi connectivity index (χ4v) is 6.31. The number of benzene rings is 3. The first-order valence-corrected chi connectivity index (χ1v) is 16.2. The van der Waals surface area contributed by atoms with Gasteiger partial charge in [0.15, 0.2) is 24.8 Å². The highest BCUT2D eigenvalue weighted by Gasteiger charge is 2.83. The first-order chi connectivity index (χ1) is 20.9. The Morgan fingerprint density at radius 2 is 1.04 bits per heavy atom. The minimum atomic E-state index is -7.43. The molecule has 15 heteroatoms. The van der Waals surface area contributed by atoms with Crippen molar-refractivity contribution in [2.75, 3.05) is 6.61 Å². The average Bonchev–Trinajstić information content (AvgIpc) is 2.98. The maximum absolute atomic E-state index is 12.2. The largest absolute Gasteiger partial charge is 0.743 e. The highest BCUT2D eigenvalue weighted by Crippen LogP contribution is 2.54. The van der Waals surface area contributed by atoms with Crippen LogP contribution in [0.1, 0.15) is 45.4 Å². The summed E-state index contributed by atoms with van der Waals surface area (Å²) in [6.07, 6.45) is 0.585. The normalized spacial score (nSPS) is 12.9. The molecule has 0 fully saturated rings. The van der Waals surface area contributed by atoms with Crippen LogP contribution >= 0.6 is 0 Å². The van der Waals surface area contributed by atoms with Crippen LogP contribution in [0.15, 0.2) is 99.6 Å². The molecule has 45 heavy (non-hydrogen) atoms. The van der Waals surface area contributed by atoms with Gasteiger partial charge in [0.1, 0.15) is 5.75 Å². The van der Waals surface area contributed by atoms with Crippen LogP contribution in [-0.4, -0.2) is 42.9 Å². The van der Waals surface area contributed by atoms with Crippen LogP contribution in [0.3, 0.4) is 0 Å². The highest BCUT2D eigenvalue weighted by molar-refractivity contribution is 7.97. The number of hydrogen-bond acceptors (Lipinski definition) is 4. The lowest BCUT2D eigenvalue weighted by Crippen LogP contribution is -2.63. The van der Waals surface area contributed by atoms with Crippen molar-refractivity contribution >= 4 is 21.0 Å². The highest BCUT2D eigenvalue weighted by atomic mass is 32.2. The number of alkyl halides is 9. The van der Waals surface area contributed by atoms with Crippen LogP contribution in [0.2, 0.25) is 0 Å². The molecule has 4 nitrogen and oxygen atoms in total. The van der Waals surface area contributed by atoms with Crippen LogP contribution in [0.4, 0.5) is 39.5 Å². The van der Waals surface area contributed by atoms with E-state index in [0.717, 1.165) is 18.8 Å². The van der Waals surface area contributed by atoms with Gasteiger partial charge in [-0.05, 0) is 55.0 Å². The zero-order valence-corrected chi connectivity index (χ0v) is 25.5. The summed E-state index contributed by atoms with van der Waals surface area (Å²) in [4.78, 5) is 4.01. The van der Waals surface area contributed by atoms with Gasteiger partial charge in [-0.15, -0.1) is 0 Å². The van der Waals surface area contributed by atoms with Crippen molar-refractivity contribution in [2.24, 2.45) is 0 Å². The van der Waals surface area contributed by atoms with E-state index in [4.69, 9.17) is 4.74 Å². The van der Waals surface area contributed by atoms with Crippen LogP contribution in [-0.2, 0) is 21.0 Å². The third kappa shape index (κ3) is 9.79. The molecule has 0 radical (unpaired) electrons. The van der Waals surface area contributed by atoms with Crippen molar-refractivity contribution in [3.63, 3.8) is 0 Å². The van der Waals surface area contributed by atoms with Gasteiger partial charge < -0.3 is 9.29 Å². The Bertz CT molecular complexity index is 1360. The van der Waals surface area contributed by atoms with E-state index in [2.05, 4.69) is 91.9 Å². The van der Waals surface area contributed by atoms with E-state index in [1.807, 2.05) is 0 Å². The van der Waals surface area contributed by atoms with Crippen LogP contribution < -0.4 is 4.74 Å². The monoisotopic (exact) mass is 690 g/mol. The fourth-order valence-electron chi connectivity index (χ4n) is 3.78. The molecule has 0 aliphatic carbocycles. The number of hydrogen-bond donors (Lipinski definition) is 0. The minimum Gasteiger partial charge on any atom is -0.743 e. The number of halogens is 9. The Morgan fingerprint density at radius 3 is 1.47 bits per heavy atom. The molecule has 0 aliphatic heterocycles. The van der Waals surface area contributed by atoms with Crippen molar-refractivity contribution in [3.05, 3.63) is 84.9 Å². The van der Waals surface area contributed by atoms with Gasteiger partial charge in [-0.1, -0.05) is 75.4 Å². The Morgan fingerprint density at radius 1 is 0.622 bits per heavy atom. The lowest BCUT2D eigenvalue weighted by atomic mass is 10.1. The maximum atomic E-state index is 12.2. The summed E-state index contributed by atoms with van der Waals surface area (Å²) in [6.45, 7) is 3.07. The number of rotatable bonds is 14. The van der Waals surface area contributed by atoms with Gasteiger partial charge in [-0.3, -0.25) is 0 Å². The second-order valence-electron chi connectivity index (χ2n) is 9.64. The van der Waals surface area contributed by atoms with E-state index in [1.165, 1.54) is 46.8 Å². The van der Waals surface area contributed by atoms with E-state index in [0.29, 0.717) is 0 Å². The topological polar surface area (TPSA) is 66.4 Å². The maximum Gasteiger partial charge on any atom is 0.460 e. The van der Waals surface area contributed by atoms with Crippen molar-refractivity contribution < 1.29 is 57.2 Å². The summed E-state index contributed by atoms with van der Waals surface area (Å²) in [5.41, 5.74) is 0.